The van der Waals surface area contributed by atoms with E-state index in [0.29, 0.717) is 31.6 Å². The molecule has 7 N–H and O–H groups in total. The second-order valence-electron chi connectivity index (χ2n) is 18.1. The molecule has 5 aliphatic carbocycles. The third-order valence-electron chi connectivity index (χ3n) is 15.6. The molecular formula is C36H60O10. The van der Waals surface area contributed by atoms with Crippen LogP contribution in [0.15, 0.2) is 0 Å². The number of hydrogen-bond donors (Lipinski definition) is 7. The SMILES string of the molecule is CC(C)[C@@H]1CC[C@]2(C(=O)O[C@@H]3O[C@H](CO)[C@@H](O)[C@H](O)[C@H]3O)CC[C@]3(C)[C@H](CC[C@@H]4[C@@]5(C)C[C@@H](O)[C@H](O)C(C)(C)[C@@H]5[C@H](O)C[C@]43C)[C@@H]12. The molecule has 1 saturated heterocycles. The van der Waals surface area contributed by atoms with E-state index in [2.05, 4.69) is 34.6 Å². The minimum Gasteiger partial charge on any atom is -0.432 e. The molecule has 6 rings (SSSR count). The zero-order chi connectivity index (χ0) is 33.9. The summed E-state index contributed by atoms with van der Waals surface area (Å²) in [6.45, 7) is 14.8. The van der Waals surface area contributed by atoms with E-state index in [1.165, 1.54) is 0 Å². The molecule has 0 aromatic heterocycles. The Balaban J connectivity index is 1.35. The van der Waals surface area contributed by atoms with E-state index in [1.807, 2.05) is 13.8 Å². The van der Waals surface area contributed by atoms with Gasteiger partial charge in [-0.2, -0.15) is 0 Å². The first-order valence-electron chi connectivity index (χ1n) is 17.9. The second-order valence-corrected chi connectivity index (χ2v) is 18.1. The number of aliphatic hydroxyl groups is 7. The van der Waals surface area contributed by atoms with Crippen molar-refractivity contribution in [3.63, 3.8) is 0 Å². The summed E-state index contributed by atoms with van der Waals surface area (Å²) in [5.41, 5.74) is -2.28. The van der Waals surface area contributed by atoms with Crippen LogP contribution in [-0.2, 0) is 14.3 Å². The number of hydrogen-bond acceptors (Lipinski definition) is 10. The van der Waals surface area contributed by atoms with E-state index >= 15 is 0 Å². The molecule has 46 heavy (non-hydrogen) atoms. The minimum absolute atomic E-state index is 0.0132. The predicted octanol–water partition coefficient (Wildman–Crippen LogP) is 2.37. The van der Waals surface area contributed by atoms with Crippen LogP contribution in [0.2, 0.25) is 0 Å². The number of carbonyl (C=O) groups is 1. The summed E-state index contributed by atoms with van der Waals surface area (Å²) < 4.78 is 11.5. The van der Waals surface area contributed by atoms with Crippen molar-refractivity contribution in [3.8, 4) is 0 Å². The Hall–Kier alpha value is -0.850. The maximum absolute atomic E-state index is 14.4. The molecule has 0 bridgehead atoms. The molecule has 1 heterocycles. The van der Waals surface area contributed by atoms with Crippen molar-refractivity contribution in [2.45, 2.75) is 149 Å². The standard InChI is InChI=1S/C36H60O10/c1-17(2)18-10-11-36(31(44)46-30-27(42)26(41)25(40)22(16-37)45-30)13-12-34(6)19(24(18)36)8-9-23-33(5)14-21(39)29(43)32(3,4)28(33)20(38)15-35(23,34)7/h17-30,37-43H,8-16H2,1-7H3/t18-,19+,20+,21+,22+,23+,24+,25+,26-,27+,28-,29-,30-,33+,34+,35+,36-/m0/s1. The molecule has 0 radical (unpaired) electrons. The van der Waals surface area contributed by atoms with Crippen molar-refractivity contribution in [3.05, 3.63) is 0 Å². The van der Waals surface area contributed by atoms with Crippen molar-refractivity contribution < 1.29 is 50.0 Å². The highest BCUT2D eigenvalue weighted by molar-refractivity contribution is 5.78. The topological polar surface area (TPSA) is 177 Å². The number of aliphatic hydroxyl groups excluding tert-OH is 7. The molecular weight excluding hydrogens is 592 g/mol. The molecule has 1 aliphatic heterocycles. The molecule has 0 aromatic carbocycles. The van der Waals surface area contributed by atoms with Gasteiger partial charge in [0.2, 0.25) is 6.29 Å². The molecule has 264 valence electrons. The van der Waals surface area contributed by atoms with E-state index in [-0.39, 0.29) is 45.8 Å². The highest BCUT2D eigenvalue weighted by Gasteiger charge is 2.74. The van der Waals surface area contributed by atoms with Crippen LogP contribution in [-0.4, -0.2) is 97.3 Å². The van der Waals surface area contributed by atoms with Crippen molar-refractivity contribution in [2.75, 3.05) is 6.61 Å². The lowest BCUT2D eigenvalue weighted by Crippen LogP contribution is -2.71. The van der Waals surface area contributed by atoms with Crippen molar-refractivity contribution >= 4 is 5.97 Å². The van der Waals surface area contributed by atoms with Crippen LogP contribution in [0.3, 0.4) is 0 Å². The zero-order valence-corrected chi connectivity index (χ0v) is 28.8. The normalized spacial score (nSPS) is 56.4. The first-order valence-corrected chi connectivity index (χ1v) is 17.9. The summed E-state index contributed by atoms with van der Waals surface area (Å²) in [5.74, 6) is 0.426. The van der Waals surface area contributed by atoms with Gasteiger partial charge in [0.15, 0.2) is 0 Å². The van der Waals surface area contributed by atoms with Gasteiger partial charge in [0.05, 0.1) is 30.3 Å². The summed E-state index contributed by atoms with van der Waals surface area (Å²) >= 11 is 0. The van der Waals surface area contributed by atoms with Gasteiger partial charge in [-0.1, -0.05) is 48.5 Å². The second kappa shape index (κ2) is 11.3. The number of fused-ring (bicyclic) bond motifs is 7. The lowest BCUT2D eigenvalue weighted by Gasteiger charge is -2.73. The van der Waals surface area contributed by atoms with Crippen LogP contribution < -0.4 is 0 Å². The fourth-order valence-electron chi connectivity index (χ4n) is 13.5. The Bertz CT molecular complexity index is 1180. The minimum atomic E-state index is -1.65. The van der Waals surface area contributed by atoms with Crippen molar-refractivity contribution in [1.29, 1.82) is 0 Å². The Morgan fingerprint density at radius 2 is 1.50 bits per heavy atom. The van der Waals surface area contributed by atoms with Gasteiger partial charge >= 0.3 is 5.97 Å². The van der Waals surface area contributed by atoms with Crippen LogP contribution in [0, 0.1) is 62.6 Å². The maximum atomic E-state index is 14.4. The molecule has 6 aliphatic rings. The molecule has 0 spiro atoms. The van der Waals surface area contributed by atoms with E-state index in [9.17, 15) is 40.5 Å². The third kappa shape index (κ3) is 4.53. The monoisotopic (exact) mass is 652 g/mol. The lowest BCUT2D eigenvalue weighted by atomic mass is 9.31. The largest absolute Gasteiger partial charge is 0.432 e. The number of esters is 1. The Morgan fingerprint density at radius 3 is 2.13 bits per heavy atom. The van der Waals surface area contributed by atoms with Crippen LogP contribution >= 0.6 is 0 Å². The molecule has 5 saturated carbocycles. The number of carbonyl (C=O) groups excluding carboxylic acids is 1. The van der Waals surface area contributed by atoms with E-state index < -0.39 is 72.4 Å². The summed E-state index contributed by atoms with van der Waals surface area (Å²) in [5, 5.41) is 75.3. The summed E-state index contributed by atoms with van der Waals surface area (Å²) in [6, 6.07) is 0. The maximum Gasteiger partial charge on any atom is 0.314 e. The van der Waals surface area contributed by atoms with Gasteiger partial charge in [0.1, 0.15) is 24.4 Å². The molecule has 0 aromatic rings. The van der Waals surface area contributed by atoms with Crippen LogP contribution in [0.5, 0.6) is 0 Å². The molecule has 10 heteroatoms. The Labute approximate surface area is 273 Å². The number of ether oxygens (including phenoxy) is 2. The van der Waals surface area contributed by atoms with Crippen LogP contribution in [0.1, 0.15) is 99.8 Å². The predicted molar refractivity (Wildman–Crippen MR) is 168 cm³/mol. The van der Waals surface area contributed by atoms with Gasteiger partial charge in [-0.3, -0.25) is 4.79 Å². The van der Waals surface area contributed by atoms with Crippen molar-refractivity contribution in [2.24, 2.45) is 62.6 Å². The highest BCUT2D eigenvalue weighted by Crippen LogP contribution is 2.77. The molecule has 6 fully saturated rings. The van der Waals surface area contributed by atoms with Crippen molar-refractivity contribution in [1.82, 2.24) is 0 Å². The smallest absolute Gasteiger partial charge is 0.314 e. The quantitative estimate of drug-likeness (QED) is 0.223. The third-order valence-corrected chi connectivity index (χ3v) is 15.6. The summed E-state index contributed by atoms with van der Waals surface area (Å²) in [7, 11) is 0. The first-order chi connectivity index (χ1) is 21.3. The first kappa shape index (κ1) is 35.0. The van der Waals surface area contributed by atoms with E-state index in [0.717, 1.165) is 25.7 Å². The average molecular weight is 653 g/mol. The summed E-state index contributed by atoms with van der Waals surface area (Å²) in [6.07, 6.45) is -4.07. The number of rotatable bonds is 4. The fraction of sp³-hybridized carbons (Fsp3) is 0.972. The fourth-order valence-corrected chi connectivity index (χ4v) is 13.5. The average Bonchev–Trinajstić information content (AvgIpc) is 3.37. The summed E-state index contributed by atoms with van der Waals surface area (Å²) in [4.78, 5) is 14.4. The molecule has 0 unspecified atom stereocenters. The Morgan fingerprint density at radius 1 is 0.826 bits per heavy atom. The lowest BCUT2D eigenvalue weighted by molar-refractivity contribution is -0.302. The molecule has 17 atom stereocenters. The van der Waals surface area contributed by atoms with Gasteiger partial charge < -0.3 is 45.2 Å². The van der Waals surface area contributed by atoms with Gasteiger partial charge in [-0.15, -0.1) is 0 Å². The van der Waals surface area contributed by atoms with Gasteiger partial charge in [0.25, 0.3) is 0 Å². The van der Waals surface area contributed by atoms with Gasteiger partial charge in [-0.25, -0.2) is 0 Å². The van der Waals surface area contributed by atoms with Crippen LogP contribution in [0.25, 0.3) is 0 Å². The highest BCUT2D eigenvalue weighted by atomic mass is 16.7. The van der Waals surface area contributed by atoms with Gasteiger partial charge in [-0.05, 0) is 109 Å². The molecule has 10 nitrogen and oxygen atoms in total. The van der Waals surface area contributed by atoms with E-state index in [4.69, 9.17) is 9.47 Å². The van der Waals surface area contributed by atoms with Crippen LogP contribution in [0.4, 0.5) is 0 Å². The Kier molecular flexibility index (Phi) is 8.62. The van der Waals surface area contributed by atoms with Gasteiger partial charge in [0, 0.05) is 0 Å². The zero-order valence-electron chi connectivity index (χ0n) is 28.8. The van der Waals surface area contributed by atoms with E-state index in [1.54, 1.807) is 0 Å². The molecule has 0 amide bonds.